The number of nitrogens with zero attached hydrogens (tertiary/aromatic N) is 2. The highest BCUT2D eigenvalue weighted by molar-refractivity contribution is 5.82. The smallest absolute Gasteiger partial charge is 0.332 e. The topological polar surface area (TPSA) is 56.2 Å². The molecule has 1 heterocycles. The number of hydrogen-bond acceptors (Lipinski definition) is 4. The first kappa shape index (κ1) is 15.3. The summed E-state index contributed by atoms with van der Waals surface area (Å²) in [5.41, 5.74) is 1.83. The molecular weight excluding hydrogens is 266 g/mol. The van der Waals surface area contributed by atoms with E-state index < -0.39 is 5.54 Å². The first-order valence-corrected chi connectivity index (χ1v) is 6.87. The second kappa shape index (κ2) is 6.10. The SMILES string of the molecule is CNC(Cn1nc(C)cc1C)(C(=O)OC)c1ccccc1. The van der Waals surface area contributed by atoms with E-state index >= 15 is 0 Å². The number of aryl methyl sites for hydroxylation is 2. The van der Waals surface area contributed by atoms with Crippen molar-refractivity contribution in [3.8, 4) is 0 Å². The average molecular weight is 287 g/mol. The lowest BCUT2D eigenvalue weighted by Gasteiger charge is -2.31. The molecule has 0 aliphatic heterocycles. The molecule has 1 unspecified atom stereocenters. The number of benzene rings is 1. The molecule has 0 bridgehead atoms. The van der Waals surface area contributed by atoms with Crippen molar-refractivity contribution in [1.82, 2.24) is 15.1 Å². The van der Waals surface area contributed by atoms with Crippen molar-refractivity contribution in [3.05, 3.63) is 53.3 Å². The van der Waals surface area contributed by atoms with Crippen LogP contribution in [0.4, 0.5) is 0 Å². The van der Waals surface area contributed by atoms with E-state index in [4.69, 9.17) is 4.74 Å². The third-order valence-electron chi connectivity index (χ3n) is 3.72. The Hall–Kier alpha value is -2.14. The Morgan fingerprint density at radius 1 is 1.33 bits per heavy atom. The van der Waals surface area contributed by atoms with Crippen molar-refractivity contribution >= 4 is 5.97 Å². The van der Waals surface area contributed by atoms with Gasteiger partial charge < -0.3 is 4.74 Å². The quantitative estimate of drug-likeness (QED) is 0.852. The third kappa shape index (κ3) is 2.83. The molecule has 0 spiro atoms. The summed E-state index contributed by atoms with van der Waals surface area (Å²) in [6.45, 7) is 4.29. The van der Waals surface area contributed by atoms with Crippen molar-refractivity contribution in [2.24, 2.45) is 0 Å². The van der Waals surface area contributed by atoms with E-state index in [0.717, 1.165) is 17.0 Å². The molecule has 0 saturated carbocycles. The van der Waals surface area contributed by atoms with Gasteiger partial charge in [0, 0.05) is 5.69 Å². The van der Waals surface area contributed by atoms with Gasteiger partial charge in [0.2, 0.25) is 0 Å². The third-order valence-corrected chi connectivity index (χ3v) is 3.72. The fraction of sp³-hybridized carbons (Fsp3) is 0.375. The van der Waals surface area contributed by atoms with Crippen LogP contribution in [0.1, 0.15) is 17.0 Å². The lowest BCUT2D eigenvalue weighted by atomic mass is 9.89. The molecule has 5 nitrogen and oxygen atoms in total. The predicted molar refractivity (Wildman–Crippen MR) is 80.9 cm³/mol. The van der Waals surface area contributed by atoms with Gasteiger partial charge in [-0.2, -0.15) is 5.10 Å². The van der Waals surface area contributed by atoms with Crippen molar-refractivity contribution < 1.29 is 9.53 Å². The van der Waals surface area contributed by atoms with Crippen LogP contribution < -0.4 is 5.32 Å². The largest absolute Gasteiger partial charge is 0.467 e. The lowest BCUT2D eigenvalue weighted by molar-refractivity contribution is -0.149. The zero-order chi connectivity index (χ0) is 15.5. The van der Waals surface area contributed by atoms with Gasteiger partial charge in [-0.1, -0.05) is 30.3 Å². The molecule has 2 aromatic rings. The van der Waals surface area contributed by atoms with Gasteiger partial charge in [0.15, 0.2) is 5.54 Å². The van der Waals surface area contributed by atoms with Gasteiger partial charge in [0.25, 0.3) is 0 Å². The number of nitrogens with one attached hydrogen (secondary N) is 1. The number of carbonyl (C=O) groups is 1. The number of methoxy groups -OCH3 is 1. The average Bonchev–Trinajstić information content (AvgIpc) is 2.82. The summed E-state index contributed by atoms with van der Waals surface area (Å²) in [4.78, 5) is 12.5. The highest BCUT2D eigenvalue weighted by atomic mass is 16.5. The Bertz CT molecular complexity index is 622. The van der Waals surface area contributed by atoms with Crippen molar-refractivity contribution in [2.75, 3.05) is 14.2 Å². The van der Waals surface area contributed by atoms with Crippen LogP contribution >= 0.6 is 0 Å². The van der Waals surface area contributed by atoms with Crippen LogP contribution in [0.2, 0.25) is 0 Å². The maximum Gasteiger partial charge on any atom is 0.332 e. The number of aromatic nitrogens is 2. The Labute approximate surface area is 124 Å². The zero-order valence-electron chi connectivity index (χ0n) is 12.9. The molecule has 2 rings (SSSR count). The standard InChI is InChI=1S/C16H21N3O2/c1-12-10-13(2)19(18-12)11-16(17-3,15(20)21-4)14-8-6-5-7-9-14/h5-10,17H,11H2,1-4H3. The summed E-state index contributed by atoms with van der Waals surface area (Å²) in [5, 5.41) is 7.59. The Kier molecular flexibility index (Phi) is 4.43. The predicted octanol–water partition coefficient (Wildman–Crippen LogP) is 1.79. The van der Waals surface area contributed by atoms with E-state index in [1.807, 2.05) is 54.9 Å². The van der Waals surface area contributed by atoms with Gasteiger partial charge in [-0.15, -0.1) is 0 Å². The Morgan fingerprint density at radius 2 is 2.00 bits per heavy atom. The second-order valence-electron chi connectivity index (χ2n) is 5.10. The Morgan fingerprint density at radius 3 is 2.48 bits per heavy atom. The van der Waals surface area contributed by atoms with Crippen LogP contribution in [0.25, 0.3) is 0 Å². The number of esters is 1. The molecule has 1 atom stereocenters. The molecule has 1 aromatic heterocycles. The van der Waals surface area contributed by atoms with Gasteiger partial charge in [-0.05, 0) is 32.5 Å². The highest BCUT2D eigenvalue weighted by Gasteiger charge is 2.41. The van der Waals surface area contributed by atoms with Crippen LogP contribution in [0, 0.1) is 13.8 Å². The van der Waals surface area contributed by atoms with E-state index in [1.54, 1.807) is 7.05 Å². The molecule has 0 radical (unpaired) electrons. The van der Waals surface area contributed by atoms with Gasteiger partial charge in [-0.25, -0.2) is 4.79 Å². The van der Waals surface area contributed by atoms with E-state index in [-0.39, 0.29) is 5.97 Å². The van der Waals surface area contributed by atoms with Gasteiger partial charge in [0.05, 0.1) is 19.3 Å². The van der Waals surface area contributed by atoms with Crippen LogP contribution in [-0.2, 0) is 21.6 Å². The maximum atomic E-state index is 12.5. The fourth-order valence-corrected chi connectivity index (χ4v) is 2.56. The highest BCUT2D eigenvalue weighted by Crippen LogP contribution is 2.25. The van der Waals surface area contributed by atoms with Gasteiger partial charge in [0.1, 0.15) is 0 Å². The number of likely N-dealkylation sites (N-methyl/N-ethyl adjacent to an activating group) is 1. The van der Waals surface area contributed by atoms with E-state index in [1.165, 1.54) is 7.11 Å². The minimum atomic E-state index is -0.959. The van der Waals surface area contributed by atoms with Crippen molar-refractivity contribution in [2.45, 2.75) is 25.9 Å². The van der Waals surface area contributed by atoms with E-state index in [2.05, 4.69) is 10.4 Å². The van der Waals surface area contributed by atoms with E-state index in [0.29, 0.717) is 6.54 Å². The minimum Gasteiger partial charge on any atom is -0.467 e. The van der Waals surface area contributed by atoms with Crippen LogP contribution in [-0.4, -0.2) is 29.9 Å². The van der Waals surface area contributed by atoms with Crippen LogP contribution in [0.15, 0.2) is 36.4 Å². The molecule has 0 saturated heterocycles. The van der Waals surface area contributed by atoms with Gasteiger partial charge in [-0.3, -0.25) is 10.00 Å². The van der Waals surface area contributed by atoms with Crippen LogP contribution in [0.5, 0.6) is 0 Å². The molecule has 5 heteroatoms. The summed E-state index contributed by atoms with van der Waals surface area (Å²) < 4.78 is 6.87. The molecular formula is C16H21N3O2. The fourth-order valence-electron chi connectivity index (χ4n) is 2.56. The molecule has 112 valence electrons. The normalized spacial score (nSPS) is 13.7. The molecule has 0 amide bonds. The summed E-state index contributed by atoms with van der Waals surface area (Å²) in [5.74, 6) is -0.330. The molecule has 0 aliphatic carbocycles. The second-order valence-corrected chi connectivity index (χ2v) is 5.10. The molecule has 1 aromatic carbocycles. The number of carbonyl (C=O) groups excluding carboxylic acids is 1. The summed E-state index contributed by atoms with van der Waals surface area (Å²) in [7, 11) is 3.16. The van der Waals surface area contributed by atoms with Gasteiger partial charge >= 0.3 is 5.97 Å². The van der Waals surface area contributed by atoms with Crippen molar-refractivity contribution in [1.29, 1.82) is 0 Å². The first-order valence-electron chi connectivity index (χ1n) is 6.87. The molecule has 21 heavy (non-hydrogen) atoms. The first-order chi connectivity index (χ1) is 10.0. The summed E-state index contributed by atoms with van der Waals surface area (Å²) in [6.07, 6.45) is 0. The molecule has 0 aliphatic rings. The van der Waals surface area contributed by atoms with Crippen LogP contribution in [0.3, 0.4) is 0 Å². The monoisotopic (exact) mass is 287 g/mol. The maximum absolute atomic E-state index is 12.5. The van der Waals surface area contributed by atoms with E-state index in [9.17, 15) is 4.79 Å². The number of hydrogen-bond donors (Lipinski definition) is 1. The summed E-state index contributed by atoms with van der Waals surface area (Å²) in [6, 6.07) is 11.6. The number of rotatable bonds is 5. The molecule has 1 N–H and O–H groups in total. The summed E-state index contributed by atoms with van der Waals surface area (Å²) >= 11 is 0. The minimum absolute atomic E-state index is 0.330. The zero-order valence-corrected chi connectivity index (χ0v) is 12.9. The van der Waals surface area contributed by atoms with Crippen molar-refractivity contribution in [3.63, 3.8) is 0 Å². The number of ether oxygens (including phenoxy) is 1. The lowest BCUT2D eigenvalue weighted by Crippen LogP contribution is -2.51. The molecule has 0 fully saturated rings. The Balaban J connectivity index is 2.50.